The second kappa shape index (κ2) is 6.97. The lowest BCUT2D eigenvalue weighted by atomic mass is 10.1. The summed E-state index contributed by atoms with van der Waals surface area (Å²) < 4.78 is 14.1. The zero-order valence-electron chi connectivity index (χ0n) is 15.0. The number of nitriles is 1. The SMILES string of the molecule is Cc1ccc(-c2nc3ccccc3[nH]2)cc1NC(=O)c1ccc(C#N)cc1F. The van der Waals surface area contributed by atoms with E-state index in [4.69, 9.17) is 5.26 Å². The van der Waals surface area contributed by atoms with Crippen LogP contribution >= 0.6 is 0 Å². The highest BCUT2D eigenvalue weighted by molar-refractivity contribution is 6.05. The summed E-state index contributed by atoms with van der Waals surface area (Å²) in [5, 5.41) is 11.6. The molecule has 136 valence electrons. The van der Waals surface area contributed by atoms with Gasteiger partial charge in [0.15, 0.2) is 0 Å². The summed E-state index contributed by atoms with van der Waals surface area (Å²) in [5.74, 6) is -0.629. The van der Waals surface area contributed by atoms with E-state index in [0.717, 1.165) is 28.2 Å². The van der Waals surface area contributed by atoms with Crippen LogP contribution in [0.15, 0.2) is 60.7 Å². The molecule has 4 aromatic rings. The van der Waals surface area contributed by atoms with E-state index >= 15 is 0 Å². The summed E-state index contributed by atoms with van der Waals surface area (Å²) in [6.45, 7) is 1.85. The van der Waals surface area contributed by atoms with Gasteiger partial charge in [0.25, 0.3) is 5.91 Å². The minimum absolute atomic E-state index is 0.118. The Morgan fingerprint density at radius 3 is 2.71 bits per heavy atom. The number of fused-ring (bicyclic) bond motifs is 1. The predicted octanol–water partition coefficient (Wildman–Crippen LogP) is 4.80. The standard InChI is InChI=1S/C22H15FN4O/c1-13-6-8-15(21-25-18-4-2-3-5-19(18)26-21)11-20(13)27-22(28)16-9-7-14(12-24)10-17(16)23/h2-11H,1H3,(H,25,26)(H,27,28). The van der Waals surface area contributed by atoms with Crippen LogP contribution in [-0.2, 0) is 0 Å². The molecule has 0 aliphatic rings. The maximum absolute atomic E-state index is 14.1. The van der Waals surface area contributed by atoms with Gasteiger partial charge in [-0.3, -0.25) is 4.79 Å². The first-order valence-corrected chi connectivity index (χ1v) is 8.62. The number of carbonyl (C=O) groups is 1. The molecule has 0 bridgehead atoms. The van der Waals surface area contributed by atoms with Gasteiger partial charge in [-0.2, -0.15) is 5.26 Å². The van der Waals surface area contributed by atoms with Gasteiger partial charge in [-0.1, -0.05) is 24.3 Å². The summed E-state index contributed by atoms with van der Waals surface area (Å²) in [6, 6.07) is 18.9. The second-order valence-corrected chi connectivity index (χ2v) is 6.39. The molecule has 1 amide bonds. The Kier molecular flexibility index (Phi) is 4.34. The Morgan fingerprint density at radius 1 is 1.14 bits per heavy atom. The van der Waals surface area contributed by atoms with Crippen molar-refractivity contribution in [2.24, 2.45) is 0 Å². The van der Waals surface area contributed by atoms with Gasteiger partial charge in [0.2, 0.25) is 0 Å². The van der Waals surface area contributed by atoms with E-state index in [2.05, 4.69) is 15.3 Å². The van der Waals surface area contributed by atoms with Crippen molar-refractivity contribution in [2.45, 2.75) is 6.92 Å². The fraction of sp³-hybridized carbons (Fsp3) is 0.0455. The molecule has 1 aromatic heterocycles. The highest BCUT2D eigenvalue weighted by Crippen LogP contribution is 2.26. The monoisotopic (exact) mass is 370 g/mol. The first-order valence-electron chi connectivity index (χ1n) is 8.62. The van der Waals surface area contributed by atoms with Crippen LogP contribution in [-0.4, -0.2) is 15.9 Å². The van der Waals surface area contributed by atoms with E-state index < -0.39 is 11.7 Å². The zero-order chi connectivity index (χ0) is 19.7. The van der Waals surface area contributed by atoms with Crippen LogP contribution in [0.25, 0.3) is 22.4 Å². The Labute approximate surface area is 160 Å². The highest BCUT2D eigenvalue weighted by Gasteiger charge is 2.15. The molecular formula is C22H15FN4O. The number of anilines is 1. The average Bonchev–Trinajstić information content (AvgIpc) is 3.13. The first kappa shape index (κ1) is 17.4. The molecule has 0 spiro atoms. The van der Waals surface area contributed by atoms with Crippen LogP contribution in [0.4, 0.5) is 10.1 Å². The van der Waals surface area contributed by atoms with E-state index in [9.17, 15) is 9.18 Å². The summed E-state index contributed by atoms with van der Waals surface area (Å²) >= 11 is 0. The van der Waals surface area contributed by atoms with Gasteiger partial charge in [-0.05, 0) is 48.9 Å². The van der Waals surface area contributed by atoms with Crippen molar-refractivity contribution < 1.29 is 9.18 Å². The van der Waals surface area contributed by atoms with Crippen molar-refractivity contribution in [3.05, 3.63) is 83.2 Å². The minimum atomic E-state index is -0.734. The number of carbonyl (C=O) groups excluding carboxylic acids is 1. The maximum atomic E-state index is 14.1. The number of benzene rings is 3. The van der Waals surface area contributed by atoms with Gasteiger partial charge in [-0.25, -0.2) is 9.37 Å². The Hall–Kier alpha value is -3.98. The summed E-state index contributed by atoms with van der Waals surface area (Å²) in [4.78, 5) is 20.3. The number of amides is 1. The van der Waals surface area contributed by atoms with Crippen LogP contribution in [0.2, 0.25) is 0 Å². The van der Waals surface area contributed by atoms with Gasteiger partial charge in [0, 0.05) is 11.3 Å². The van der Waals surface area contributed by atoms with E-state index in [1.54, 1.807) is 6.07 Å². The number of aryl methyl sites for hydroxylation is 1. The van der Waals surface area contributed by atoms with E-state index in [1.807, 2.05) is 49.4 Å². The second-order valence-electron chi connectivity index (χ2n) is 6.39. The average molecular weight is 370 g/mol. The van der Waals surface area contributed by atoms with Crippen LogP contribution in [0.3, 0.4) is 0 Å². The number of imidazole rings is 1. The normalized spacial score (nSPS) is 10.6. The highest BCUT2D eigenvalue weighted by atomic mass is 19.1. The van der Waals surface area contributed by atoms with E-state index in [-0.39, 0.29) is 11.1 Å². The van der Waals surface area contributed by atoms with Crippen LogP contribution in [0, 0.1) is 24.1 Å². The predicted molar refractivity (Wildman–Crippen MR) is 105 cm³/mol. The number of H-pyrrole nitrogens is 1. The smallest absolute Gasteiger partial charge is 0.258 e. The molecular weight excluding hydrogens is 355 g/mol. The molecule has 6 heteroatoms. The molecule has 0 saturated carbocycles. The van der Waals surface area contributed by atoms with Crippen molar-refractivity contribution in [1.29, 1.82) is 5.26 Å². The molecule has 5 nitrogen and oxygen atoms in total. The molecule has 4 rings (SSSR count). The summed E-state index contributed by atoms with van der Waals surface area (Å²) in [5.41, 5.74) is 4.02. The van der Waals surface area contributed by atoms with Crippen molar-refractivity contribution in [3.8, 4) is 17.5 Å². The maximum Gasteiger partial charge on any atom is 0.258 e. The Bertz CT molecular complexity index is 1220. The summed E-state index contributed by atoms with van der Waals surface area (Å²) in [7, 11) is 0. The van der Waals surface area contributed by atoms with Crippen LogP contribution in [0.5, 0.6) is 0 Å². The Morgan fingerprint density at radius 2 is 1.96 bits per heavy atom. The number of hydrogen-bond acceptors (Lipinski definition) is 3. The van der Waals surface area contributed by atoms with E-state index in [0.29, 0.717) is 11.5 Å². The number of rotatable bonds is 3. The number of aromatic amines is 1. The summed E-state index contributed by atoms with van der Waals surface area (Å²) in [6.07, 6.45) is 0. The van der Waals surface area contributed by atoms with Crippen LogP contribution < -0.4 is 5.32 Å². The van der Waals surface area contributed by atoms with Gasteiger partial charge >= 0.3 is 0 Å². The quantitative estimate of drug-likeness (QED) is 0.543. The van der Waals surface area contributed by atoms with Crippen LogP contribution in [0.1, 0.15) is 21.5 Å². The van der Waals surface area contributed by atoms with E-state index in [1.165, 1.54) is 12.1 Å². The van der Waals surface area contributed by atoms with Crippen molar-refractivity contribution in [2.75, 3.05) is 5.32 Å². The number of halogens is 1. The number of nitrogens with zero attached hydrogens (tertiary/aromatic N) is 2. The molecule has 0 fully saturated rings. The number of para-hydroxylation sites is 2. The molecule has 0 radical (unpaired) electrons. The van der Waals surface area contributed by atoms with Gasteiger partial charge < -0.3 is 10.3 Å². The zero-order valence-corrected chi connectivity index (χ0v) is 15.0. The topological polar surface area (TPSA) is 81.6 Å². The number of nitrogens with one attached hydrogen (secondary N) is 2. The molecule has 0 unspecified atom stereocenters. The molecule has 1 heterocycles. The third kappa shape index (κ3) is 3.21. The lowest BCUT2D eigenvalue weighted by molar-refractivity contribution is 0.102. The Balaban J connectivity index is 1.66. The lowest BCUT2D eigenvalue weighted by Gasteiger charge is -2.10. The molecule has 3 aromatic carbocycles. The number of hydrogen-bond donors (Lipinski definition) is 2. The first-order chi connectivity index (χ1) is 13.5. The van der Waals surface area contributed by atoms with Crippen molar-refractivity contribution >= 4 is 22.6 Å². The largest absolute Gasteiger partial charge is 0.338 e. The fourth-order valence-electron chi connectivity index (χ4n) is 2.95. The van der Waals surface area contributed by atoms with Crippen molar-refractivity contribution in [1.82, 2.24) is 9.97 Å². The van der Waals surface area contributed by atoms with Gasteiger partial charge in [0.1, 0.15) is 11.6 Å². The molecule has 2 N–H and O–H groups in total. The third-order valence-electron chi connectivity index (χ3n) is 4.49. The van der Waals surface area contributed by atoms with Gasteiger partial charge in [-0.15, -0.1) is 0 Å². The molecule has 0 atom stereocenters. The molecule has 28 heavy (non-hydrogen) atoms. The fourth-order valence-corrected chi connectivity index (χ4v) is 2.95. The van der Waals surface area contributed by atoms with Crippen molar-refractivity contribution in [3.63, 3.8) is 0 Å². The molecule has 0 saturated heterocycles. The lowest BCUT2D eigenvalue weighted by Crippen LogP contribution is -2.14. The third-order valence-corrected chi connectivity index (χ3v) is 4.49. The minimum Gasteiger partial charge on any atom is -0.338 e. The number of aromatic nitrogens is 2. The molecule has 0 aliphatic heterocycles. The molecule has 0 aliphatic carbocycles. The van der Waals surface area contributed by atoms with Gasteiger partial charge in [0.05, 0.1) is 28.2 Å².